The first-order valence-electron chi connectivity index (χ1n) is 13.8. The predicted molar refractivity (Wildman–Crippen MR) is 177 cm³/mol. The maximum absolute atomic E-state index is 14.1. The van der Waals surface area contributed by atoms with Gasteiger partial charge in [-0.15, -0.1) is 11.3 Å². The van der Waals surface area contributed by atoms with Crippen molar-refractivity contribution in [3.63, 3.8) is 0 Å². The second kappa shape index (κ2) is 13.2. The van der Waals surface area contributed by atoms with Crippen LogP contribution in [0.3, 0.4) is 0 Å². The van der Waals surface area contributed by atoms with E-state index in [1.54, 1.807) is 18.6 Å². The molecule has 10 heteroatoms. The Labute approximate surface area is 270 Å². The molecule has 5 aromatic rings. The van der Waals surface area contributed by atoms with E-state index in [1.807, 2.05) is 96.4 Å². The van der Waals surface area contributed by atoms with E-state index in [4.69, 9.17) is 19.2 Å². The van der Waals surface area contributed by atoms with Gasteiger partial charge >= 0.3 is 5.97 Å². The van der Waals surface area contributed by atoms with Crippen LogP contribution in [0.2, 0.25) is 0 Å². The number of halogens is 1. The van der Waals surface area contributed by atoms with Gasteiger partial charge in [0.15, 0.2) is 16.3 Å². The summed E-state index contributed by atoms with van der Waals surface area (Å²) < 4.78 is 20.3. The van der Waals surface area contributed by atoms with Crippen LogP contribution in [-0.4, -0.2) is 24.3 Å². The lowest BCUT2D eigenvalue weighted by molar-refractivity contribution is -0.138. The Morgan fingerprint density at radius 3 is 2.52 bits per heavy atom. The van der Waals surface area contributed by atoms with Gasteiger partial charge in [-0.3, -0.25) is 9.36 Å². The first kappa shape index (κ1) is 29.8. The zero-order valence-electron chi connectivity index (χ0n) is 23.9. The zero-order chi connectivity index (χ0) is 30.6. The number of carbonyl (C=O) groups excluding carboxylic acids is 1. The summed E-state index contributed by atoms with van der Waals surface area (Å²) in [6, 6.07) is 26.2. The Balaban J connectivity index is 1.44. The number of hydrogen-bond acceptors (Lipinski definition) is 8. The molecule has 2 aromatic heterocycles. The van der Waals surface area contributed by atoms with Gasteiger partial charge in [-0.2, -0.15) is 0 Å². The number of thiophene rings is 1. The van der Waals surface area contributed by atoms with Crippen LogP contribution in [0.5, 0.6) is 11.5 Å². The Hall–Kier alpha value is -4.25. The molecule has 0 radical (unpaired) electrons. The molecule has 222 valence electrons. The van der Waals surface area contributed by atoms with Crippen molar-refractivity contribution in [3.8, 4) is 11.5 Å². The largest absolute Gasteiger partial charge is 0.493 e. The van der Waals surface area contributed by atoms with E-state index < -0.39 is 12.0 Å². The van der Waals surface area contributed by atoms with Gasteiger partial charge in [0.1, 0.15) is 12.6 Å². The summed E-state index contributed by atoms with van der Waals surface area (Å²) in [5.74, 6) is 0.653. The average molecular weight is 688 g/mol. The van der Waals surface area contributed by atoms with Crippen LogP contribution in [0, 0.1) is 0 Å². The lowest BCUT2D eigenvalue weighted by Crippen LogP contribution is -2.39. The number of methoxy groups -OCH3 is 1. The van der Waals surface area contributed by atoms with E-state index in [0.717, 1.165) is 26.0 Å². The first-order valence-corrected chi connectivity index (χ1v) is 16.3. The summed E-state index contributed by atoms with van der Waals surface area (Å²) in [7, 11) is 1.59. The summed E-state index contributed by atoms with van der Waals surface area (Å²) in [5.41, 5.74) is 3.17. The normalized spacial score (nSPS) is 14.6. The number of fused-ring (bicyclic) bond motifs is 1. The molecule has 0 bridgehead atoms. The molecule has 1 aliphatic rings. The molecule has 7 nitrogen and oxygen atoms in total. The summed E-state index contributed by atoms with van der Waals surface area (Å²) >= 11 is 6.21. The molecular formula is C34H27BrN2O5S2. The highest BCUT2D eigenvalue weighted by atomic mass is 79.9. The smallest absolute Gasteiger partial charge is 0.338 e. The first-order chi connectivity index (χ1) is 21.5. The monoisotopic (exact) mass is 686 g/mol. The van der Waals surface area contributed by atoms with E-state index in [0.29, 0.717) is 38.7 Å². The molecule has 0 spiro atoms. The highest BCUT2D eigenvalue weighted by Gasteiger charge is 2.35. The fourth-order valence-electron chi connectivity index (χ4n) is 4.94. The van der Waals surface area contributed by atoms with Crippen LogP contribution in [0.15, 0.2) is 110 Å². The SMILES string of the molecule is CCOC(=O)C1=C(c2ccccc2)N=c2s/c(=C\c3ccc(OCc4ccc(Br)cc4)c(OC)c3)c(=O)n2[C@H]1c1cccs1. The number of rotatable bonds is 9. The van der Waals surface area contributed by atoms with Crippen molar-refractivity contribution in [2.24, 2.45) is 4.99 Å². The Morgan fingerprint density at radius 1 is 1.02 bits per heavy atom. The third-order valence-corrected chi connectivity index (χ3v) is 9.42. The van der Waals surface area contributed by atoms with Crippen LogP contribution in [0.1, 0.15) is 34.5 Å². The molecule has 0 saturated carbocycles. The minimum atomic E-state index is -0.674. The van der Waals surface area contributed by atoms with E-state index in [9.17, 15) is 9.59 Å². The van der Waals surface area contributed by atoms with E-state index in [-0.39, 0.29) is 12.2 Å². The van der Waals surface area contributed by atoms with Crippen molar-refractivity contribution in [1.82, 2.24) is 4.57 Å². The summed E-state index contributed by atoms with van der Waals surface area (Å²) in [6.45, 7) is 2.36. The van der Waals surface area contributed by atoms with Crippen LogP contribution < -0.4 is 24.4 Å². The fourth-order valence-corrected chi connectivity index (χ4v) is 7.03. The van der Waals surface area contributed by atoms with Crippen molar-refractivity contribution >= 4 is 56.3 Å². The number of nitrogens with zero attached hydrogens (tertiary/aromatic N) is 2. The molecule has 0 aliphatic carbocycles. The maximum atomic E-state index is 14.1. The summed E-state index contributed by atoms with van der Waals surface area (Å²) in [5, 5.41) is 1.93. The number of esters is 1. The number of ether oxygens (including phenoxy) is 3. The molecule has 44 heavy (non-hydrogen) atoms. The third kappa shape index (κ3) is 6.06. The van der Waals surface area contributed by atoms with Crippen molar-refractivity contribution < 1.29 is 19.0 Å². The quantitative estimate of drug-likeness (QED) is 0.169. The molecule has 0 N–H and O–H groups in total. The van der Waals surface area contributed by atoms with Gasteiger partial charge < -0.3 is 14.2 Å². The molecule has 3 heterocycles. The highest BCUT2D eigenvalue weighted by molar-refractivity contribution is 9.10. The zero-order valence-corrected chi connectivity index (χ0v) is 27.1. The Bertz CT molecular complexity index is 2010. The Kier molecular flexibility index (Phi) is 8.92. The highest BCUT2D eigenvalue weighted by Crippen LogP contribution is 2.37. The number of carbonyl (C=O) groups is 1. The molecule has 0 fully saturated rings. The van der Waals surface area contributed by atoms with E-state index >= 15 is 0 Å². The van der Waals surface area contributed by atoms with Crippen molar-refractivity contribution in [2.75, 3.05) is 13.7 Å². The van der Waals surface area contributed by atoms with E-state index in [1.165, 1.54) is 22.7 Å². The summed E-state index contributed by atoms with van der Waals surface area (Å²) in [4.78, 5) is 33.8. The van der Waals surface area contributed by atoms with E-state index in [2.05, 4.69) is 15.9 Å². The number of benzene rings is 3. The Morgan fingerprint density at radius 2 is 1.82 bits per heavy atom. The number of thiazole rings is 1. The average Bonchev–Trinajstić information content (AvgIpc) is 3.69. The minimum Gasteiger partial charge on any atom is -0.493 e. The van der Waals surface area contributed by atoms with Gasteiger partial charge in [0.25, 0.3) is 5.56 Å². The molecule has 1 aliphatic heterocycles. The summed E-state index contributed by atoms with van der Waals surface area (Å²) in [6.07, 6.45) is 1.81. The molecular weight excluding hydrogens is 660 g/mol. The topological polar surface area (TPSA) is 79.1 Å². The molecule has 1 atom stereocenters. The molecule has 3 aromatic carbocycles. The van der Waals surface area contributed by atoms with Crippen LogP contribution >= 0.6 is 38.6 Å². The lowest BCUT2D eigenvalue weighted by atomic mass is 9.97. The third-order valence-electron chi connectivity index (χ3n) is 6.98. The van der Waals surface area contributed by atoms with Crippen molar-refractivity contribution in [3.05, 3.63) is 142 Å². The number of hydrogen-bond donors (Lipinski definition) is 0. The fraction of sp³-hybridized carbons (Fsp3) is 0.147. The van der Waals surface area contributed by atoms with Gasteiger partial charge in [0, 0.05) is 14.9 Å². The second-order valence-corrected chi connectivity index (χ2v) is 12.7. The predicted octanol–water partition coefficient (Wildman–Crippen LogP) is 6.35. The van der Waals surface area contributed by atoms with Crippen LogP contribution in [-0.2, 0) is 16.1 Å². The second-order valence-electron chi connectivity index (χ2n) is 9.77. The lowest BCUT2D eigenvalue weighted by Gasteiger charge is -2.24. The van der Waals surface area contributed by atoms with Gasteiger partial charge in [0.2, 0.25) is 0 Å². The van der Waals surface area contributed by atoms with Gasteiger partial charge in [0.05, 0.1) is 29.5 Å². The van der Waals surface area contributed by atoms with Gasteiger partial charge in [-0.1, -0.05) is 81.9 Å². The number of aromatic nitrogens is 1. The standard InChI is InChI=1S/C34H27BrN2O5S2/c1-3-41-33(39)29-30(23-8-5-4-6-9-23)36-34-37(31(29)27-10-7-17-43-27)32(38)28(44-34)19-22-13-16-25(26(18-22)40-2)42-20-21-11-14-24(35)15-12-21/h4-19,31H,3,20H2,1-2H3/b28-19-/t31-/m0/s1. The molecule has 0 amide bonds. The van der Waals surface area contributed by atoms with Crippen molar-refractivity contribution in [1.29, 1.82) is 0 Å². The minimum absolute atomic E-state index is 0.205. The van der Waals surface area contributed by atoms with Crippen molar-refractivity contribution in [2.45, 2.75) is 19.6 Å². The molecule has 6 rings (SSSR count). The van der Waals surface area contributed by atoms with Crippen LogP contribution in [0.25, 0.3) is 11.8 Å². The van der Waals surface area contributed by atoms with Gasteiger partial charge in [-0.05, 0) is 59.8 Å². The van der Waals surface area contributed by atoms with Gasteiger partial charge in [-0.25, -0.2) is 9.79 Å². The molecule has 0 saturated heterocycles. The maximum Gasteiger partial charge on any atom is 0.338 e. The van der Waals surface area contributed by atoms with Crippen LogP contribution in [0.4, 0.5) is 0 Å². The molecule has 0 unspecified atom stereocenters.